The summed E-state index contributed by atoms with van der Waals surface area (Å²) in [5, 5.41) is 3.04. The second kappa shape index (κ2) is 13.3. The van der Waals surface area contributed by atoms with Crippen molar-refractivity contribution < 1.29 is 22.7 Å². The van der Waals surface area contributed by atoms with Crippen molar-refractivity contribution in [1.82, 2.24) is 10.2 Å². The van der Waals surface area contributed by atoms with Gasteiger partial charge in [0.25, 0.3) is 10.0 Å². The summed E-state index contributed by atoms with van der Waals surface area (Å²) in [6.45, 7) is 3.17. The quantitative estimate of drug-likeness (QED) is 0.314. The number of benzene rings is 3. The molecule has 11 heteroatoms. The lowest BCUT2D eigenvalue weighted by Crippen LogP contribution is -2.51. The highest BCUT2D eigenvalue weighted by Crippen LogP contribution is 2.31. The monoisotopic (exact) mass is 635 g/mol. The first-order valence-corrected chi connectivity index (χ1v) is 14.8. The molecule has 3 rings (SSSR count). The largest absolute Gasteiger partial charge is 0.496 e. The minimum atomic E-state index is -4.21. The van der Waals surface area contributed by atoms with Crippen LogP contribution < -0.4 is 14.4 Å². The number of nitrogens with one attached hydrogen (secondary N) is 1. The number of nitrogens with zero attached hydrogens (tertiary/aromatic N) is 2. The van der Waals surface area contributed by atoms with Crippen molar-refractivity contribution >= 4 is 55.1 Å². The third-order valence-corrected chi connectivity index (χ3v) is 9.00. The molecule has 0 radical (unpaired) electrons. The number of amides is 2. The average molecular weight is 637 g/mol. The van der Waals surface area contributed by atoms with Crippen LogP contribution in [-0.2, 0) is 26.2 Å². The SMILES string of the molecule is CC[C@@H](C(=O)NC)N(Cc1ccccc1Cl)C(=O)CN(c1ccc(C)cc1)S(=O)(=O)c1ccc(OC)c(Br)c1. The molecule has 3 aromatic carbocycles. The summed E-state index contributed by atoms with van der Waals surface area (Å²) in [5.41, 5.74) is 1.88. The van der Waals surface area contributed by atoms with Crippen LogP contribution in [-0.4, -0.2) is 51.9 Å². The summed E-state index contributed by atoms with van der Waals surface area (Å²) < 4.78 is 34.7. The second-order valence-corrected chi connectivity index (χ2v) is 11.9. The van der Waals surface area contributed by atoms with Crippen molar-refractivity contribution in [2.75, 3.05) is 25.0 Å². The fourth-order valence-corrected chi connectivity index (χ4v) is 6.40. The standard InChI is InChI=1S/C28H31BrClN3O5S/c1-5-25(28(35)31-3)32(17-20-8-6-7-9-24(20)30)27(34)18-33(21-12-10-19(2)11-13-21)39(36,37)22-14-15-26(38-4)23(29)16-22/h6-16,25H,5,17-18H2,1-4H3,(H,31,35)/t25-/m0/s1. The molecule has 3 aromatic rings. The van der Waals surface area contributed by atoms with Crippen molar-refractivity contribution in [3.05, 3.63) is 87.4 Å². The third kappa shape index (κ3) is 7.12. The van der Waals surface area contributed by atoms with E-state index in [9.17, 15) is 18.0 Å². The maximum absolute atomic E-state index is 14.0. The topological polar surface area (TPSA) is 96.0 Å². The van der Waals surface area contributed by atoms with Gasteiger partial charge in [0.05, 0.1) is 22.2 Å². The van der Waals surface area contributed by atoms with Gasteiger partial charge in [-0.25, -0.2) is 8.42 Å². The first-order chi connectivity index (χ1) is 18.5. The highest BCUT2D eigenvalue weighted by atomic mass is 79.9. The summed E-state index contributed by atoms with van der Waals surface area (Å²) in [4.78, 5) is 28.1. The van der Waals surface area contributed by atoms with E-state index in [1.54, 1.807) is 55.5 Å². The highest BCUT2D eigenvalue weighted by Gasteiger charge is 2.34. The smallest absolute Gasteiger partial charge is 0.264 e. The Kier molecular flexibility index (Phi) is 10.4. The Morgan fingerprint density at radius 1 is 1.08 bits per heavy atom. The average Bonchev–Trinajstić information content (AvgIpc) is 2.92. The Labute approximate surface area is 243 Å². The number of methoxy groups -OCH3 is 1. The van der Waals surface area contributed by atoms with Gasteiger partial charge in [0.2, 0.25) is 11.8 Å². The van der Waals surface area contributed by atoms with Crippen molar-refractivity contribution in [1.29, 1.82) is 0 Å². The van der Waals surface area contributed by atoms with Gasteiger partial charge in [-0.1, -0.05) is 54.4 Å². The van der Waals surface area contributed by atoms with E-state index in [1.165, 1.54) is 37.3 Å². The minimum absolute atomic E-state index is 0.0281. The zero-order valence-electron chi connectivity index (χ0n) is 22.1. The number of ether oxygens (including phenoxy) is 1. The third-order valence-electron chi connectivity index (χ3n) is 6.24. The van der Waals surface area contributed by atoms with Crippen LogP contribution in [0.4, 0.5) is 5.69 Å². The molecule has 0 aliphatic carbocycles. The number of sulfonamides is 1. The number of carbonyl (C=O) groups excluding carboxylic acids is 2. The van der Waals surface area contributed by atoms with Gasteiger partial charge in [-0.3, -0.25) is 13.9 Å². The van der Waals surface area contributed by atoms with Gasteiger partial charge in [0.1, 0.15) is 18.3 Å². The number of hydrogen-bond donors (Lipinski definition) is 1. The molecule has 0 bridgehead atoms. The van der Waals surface area contributed by atoms with Gasteiger partial charge in [-0.05, 0) is 71.2 Å². The van der Waals surface area contributed by atoms with Crippen molar-refractivity contribution in [2.45, 2.75) is 37.8 Å². The Morgan fingerprint density at radius 2 is 1.74 bits per heavy atom. The number of aryl methyl sites for hydroxylation is 1. The van der Waals surface area contributed by atoms with Crippen LogP contribution in [0.1, 0.15) is 24.5 Å². The van der Waals surface area contributed by atoms with Crippen LogP contribution in [0.2, 0.25) is 5.02 Å². The Morgan fingerprint density at radius 3 is 2.31 bits per heavy atom. The lowest BCUT2D eigenvalue weighted by atomic mass is 10.1. The molecule has 8 nitrogen and oxygen atoms in total. The summed E-state index contributed by atoms with van der Waals surface area (Å²) in [5.74, 6) is -0.446. The predicted octanol–water partition coefficient (Wildman–Crippen LogP) is 5.17. The summed E-state index contributed by atoms with van der Waals surface area (Å²) in [6, 6.07) is 17.4. The zero-order valence-corrected chi connectivity index (χ0v) is 25.3. The Balaban J connectivity index is 2.09. The van der Waals surface area contributed by atoms with Crippen LogP contribution in [0, 0.1) is 6.92 Å². The lowest BCUT2D eigenvalue weighted by Gasteiger charge is -2.33. The van der Waals surface area contributed by atoms with E-state index < -0.39 is 28.5 Å². The number of rotatable bonds is 11. The number of halogens is 2. The molecule has 2 amide bonds. The van der Waals surface area contributed by atoms with E-state index >= 15 is 0 Å². The molecule has 0 unspecified atom stereocenters. The lowest BCUT2D eigenvalue weighted by molar-refractivity contribution is -0.140. The van der Waals surface area contributed by atoms with Crippen LogP contribution in [0.25, 0.3) is 0 Å². The molecule has 0 aliphatic heterocycles. The van der Waals surface area contributed by atoms with Gasteiger partial charge in [-0.2, -0.15) is 0 Å². The molecule has 0 saturated carbocycles. The molecule has 0 aliphatic rings. The van der Waals surface area contributed by atoms with Crippen molar-refractivity contribution in [2.24, 2.45) is 0 Å². The molecule has 1 atom stereocenters. The molecule has 0 aromatic heterocycles. The zero-order chi connectivity index (χ0) is 28.7. The van der Waals surface area contributed by atoms with Crippen LogP contribution in [0.5, 0.6) is 5.75 Å². The van der Waals surface area contributed by atoms with E-state index in [0.29, 0.717) is 32.9 Å². The van der Waals surface area contributed by atoms with Crippen LogP contribution in [0.3, 0.4) is 0 Å². The van der Waals surface area contributed by atoms with Crippen LogP contribution >= 0.6 is 27.5 Å². The summed E-state index contributed by atoms with van der Waals surface area (Å²) >= 11 is 9.73. The first-order valence-electron chi connectivity index (χ1n) is 12.2. The summed E-state index contributed by atoms with van der Waals surface area (Å²) in [6.07, 6.45) is 0.318. The molecule has 0 saturated heterocycles. The molecule has 0 heterocycles. The first kappa shape index (κ1) is 30.5. The van der Waals surface area contributed by atoms with Gasteiger partial charge in [0, 0.05) is 18.6 Å². The summed E-state index contributed by atoms with van der Waals surface area (Å²) in [7, 11) is -1.23. The van der Waals surface area contributed by atoms with E-state index in [1.807, 2.05) is 6.92 Å². The molecule has 0 spiro atoms. The second-order valence-electron chi connectivity index (χ2n) is 8.79. The van der Waals surface area contributed by atoms with Gasteiger partial charge < -0.3 is 15.0 Å². The van der Waals surface area contributed by atoms with Crippen molar-refractivity contribution in [3.63, 3.8) is 0 Å². The fourth-order valence-electron chi connectivity index (χ4n) is 4.07. The van der Waals surface area contributed by atoms with E-state index in [2.05, 4.69) is 21.2 Å². The van der Waals surface area contributed by atoms with E-state index in [0.717, 1.165) is 9.87 Å². The molecule has 0 fully saturated rings. The Hall–Kier alpha value is -3.08. The Bertz CT molecular complexity index is 1430. The number of anilines is 1. The van der Waals surface area contributed by atoms with Crippen LogP contribution in [0.15, 0.2) is 76.1 Å². The number of hydrogen-bond acceptors (Lipinski definition) is 5. The molecular formula is C28H31BrClN3O5S. The number of likely N-dealkylation sites (N-methyl/N-ethyl adjacent to an activating group) is 1. The maximum atomic E-state index is 14.0. The highest BCUT2D eigenvalue weighted by molar-refractivity contribution is 9.10. The number of carbonyl (C=O) groups is 2. The normalized spacial score (nSPS) is 11.9. The molecule has 39 heavy (non-hydrogen) atoms. The molecule has 1 N–H and O–H groups in total. The fraction of sp³-hybridized carbons (Fsp3) is 0.286. The van der Waals surface area contributed by atoms with Crippen molar-refractivity contribution in [3.8, 4) is 5.75 Å². The van der Waals surface area contributed by atoms with Gasteiger partial charge in [-0.15, -0.1) is 0 Å². The van der Waals surface area contributed by atoms with Gasteiger partial charge in [0.15, 0.2) is 0 Å². The molecular weight excluding hydrogens is 606 g/mol. The van der Waals surface area contributed by atoms with E-state index in [-0.39, 0.29) is 17.3 Å². The predicted molar refractivity (Wildman–Crippen MR) is 157 cm³/mol. The van der Waals surface area contributed by atoms with Gasteiger partial charge >= 0.3 is 0 Å². The van der Waals surface area contributed by atoms with E-state index in [4.69, 9.17) is 16.3 Å². The molecule has 208 valence electrons. The minimum Gasteiger partial charge on any atom is -0.496 e. The maximum Gasteiger partial charge on any atom is 0.264 e.